The van der Waals surface area contributed by atoms with E-state index in [-0.39, 0.29) is 39.1 Å². The maximum Gasteiger partial charge on any atom is 0.264 e. The third kappa shape index (κ3) is 8.15. The first-order valence-corrected chi connectivity index (χ1v) is 15.5. The predicted octanol–water partition coefficient (Wildman–Crippen LogP) is 5.92. The lowest BCUT2D eigenvalue weighted by molar-refractivity contribution is -0.140. The Kier molecular flexibility index (Phi) is 11.5. The van der Waals surface area contributed by atoms with E-state index >= 15 is 0 Å². The molecule has 3 aromatic rings. The minimum atomic E-state index is -4.26. The largest absolute Gasteiger partial charge is 0.497 e. The Bertz CT molecular complexity index is 1450. The van der Waals surface area contributed by atoms with E-state index in [1.165, 1.54) is 42.3 Å². The number of rotatable bonds is 13. The number of methoxy groups -OCH3 is 1. The predicted molar refractivity (Wildman–Crippen MR) is 163 cm³/mol. The number of anilines is 1. The average molecular weight is 621 g/mol. The summed E-state index contributed by atoms with van der Waals surface area (Å²) in [6, 6.07) is 18.3. The maximum absolute atomic E-state index is 14.2. The molecule has 2 amide bonds. The smallest absolute Gasteiger partial charge is 0.264 e. The Morgan fingerprint density at radius 1 is 0.951 bits per heavy atom. The monoisotopic (exact) mass is 619 g/mol. The first-order chi connectivity index (χ1) is 19.5. The van der Waals surface area contributed by atoms with Gasteiger partial charge in [0.25, 0.3) is 10.0 Å². The second-order valence-corrected chi connectivity index (χ2v) is 12.2. The molecule has 0 aliphatic rings. The lowest BCUT2D eigenvalue weighted by atomic mass is 10.1. The van der Waals surface area contributed by atoms with Gasteiger partial charge >= 0.3 is 0 Å². The molecule has 0 saturated carbocycles. The topological polar surface area (TPSA) is 96.0 Å². The summed E-state index contributed by atoms with van der Waals surface area (Å²) in [5.41, 5.74) is 0.764. The van der Waals surface area contributed by atoms with Crippen molar-refractivity contribution in [3.8, 4) is 5.75 Å². The van der Waals surface area contributed by atoms with E-state index in [0.29, 0.717) is 24.2 Å². The zero-order valence-electron chi connectivity index (χ0n) is 23.5. The average Bonchev–Trinajstić information content (AvgIpc) is 2.97. The molecule has 0 spiro atoms. The molecular weight excluding hydrogens is 585 g/mol. The number of benzene rings is 3. The van der Waals surface area contributed by atoms with Gasteiger partial charge in [-0.15, -0.1) is 0 Å². The van der Waals surface area contributed by atoms with E-state index in [4.69, 9.17) is 27.9 Å². The highest BCUT2D eigenvalue weighted by Gasteiger charge is 2.34. The number of nitrogens with one attached hydrogen (secondary N) is 1. The van der Waals surface area contributed by atoms with Crippen molar-refractivity contribution >= 4 is 50.7 Å². The quantitative estimate of drug-likeness (QED) is 0.256. The number of hydrogen-bond acceptors (Lipinski definition) is 5. The van der Waals surface area contributed by atoms with E-state index in [2.05, 4.69) is 5.32 Å². The molecule has 0 bridgehead atoms. The van der Waals surface area contributed by atoms with Gasteiger partial charge in [0, 0.05) is 17.6 Å². The van der Waals surface area contributed by atoms with Crippen molar-refractivity contribution in [2.45, 2.75) is 57.1 Å². The Labute approximate surface area is 252 Å². The third-order valence-corrected chi connectivity index (χ3v) is 8.99. The normalized spacial score (nSPS) is 12.7. The minimum absolute atomic E-state index is 0.0234. The number of carbonyl (C=O) groups excluding carboxylic acids is 2. The van der Waals surface area contributed by atoms with Gasteiger partial charge in [-0.3, -0.25) is 13.9 Å². The summed E-state index contributed by atoms with van der Waals surface area (Å²) >= 11 is 12.7. The number of hydrogen-bond donors (Lipinski definition) is 1. The van der Waals surface area contributed by atoms with Gasteiger partial charge in [0.15, 0.2) is 0 Å². The van der Waals surface area contributed by atoms with Crippen molar-refractivity contribution in [3.05, 3.63) is 88.4 Å². The molecule has 2 unspecified atom stereocenters. The van der Waals surface area contributed by atoms with Gasteiger partial charge in [-0.1, -0.05) is 67.4 Å². The van der Waals surface area contributed by atoms with E-state index in [9.17, 15) is 18.0 Å². The standard InChI is InChI=1S/C30H35Cl2N3O5S/c1-5-21(3)33-30(37)27(6-2)34(19-22-11-10-12-24(17-22)40-4)29(36)20-35(28-18-23(31)15-16-26(28)32)41(38,39)25-13-8-7-9-14-25/h7-18,21,27H,5-6,19-20H2,1-4H3,(H,33,37). The van der Waals surface area contributed by atoms with Gasteiger partial charge in [0.2, 0.25) is 11.8 Å². The van der Waals surface area contributed by atoms with Crippen LogP contribution in [0.2, 0.25) is 10.0 Å². The van der Waals surface area contributed by atoms with Crippen molar-refractivity contribution in [2.24, 2.45) is 0 Å². The Morgan fingerprint density at radius 3 is 2.29 bits per heavy atom. The number of nitrogens with zero attached hydrogens (tertiary/aromatic N) is 2. The van der Waals surface area contributed by atoms with Crippen LogP contribution in [0.1, 0.15) is 39.2 Å². The van der Waals surface area contributed by atoms with Crippen molar-refractivity contribution in [2.75, 3.05) is 18.0 Å². The summed E-state index contributed by atoms with van der Waals surface area (Å²) in [5.74, 6) is -0.322. The van der Waals surface area contributed by atoms with Crippen molar-refractivity contribution in [1.29, 1.82) is 0 Å². The Balaban J connectivity index is 2.10. The molecule has 3 aromatic carbocycles. The molecule has 11 heteroatoms. The van der Waals surface area contributed by atoms with Crippen molar-refractivity contribution in [3.63, 3.8) is 0 Å². The highest BCUT2D eigenvalue weighted by atomic mass is 35.5. The summed E-state index contributed by atoms with van der Waals surface area (Å²) in [4.78, 5) is 28.9. The van der Waals surface area contributed by atoms with Crippen molar-refractivity contribution < 1.29 is 22.7 Å². The number of amides is 2. The molecule has 0 saturated heterocycles. The summed E-state index contributed by atoms with van der Waals surface area (Å²) in [7, 11) is -2.72. The molecule has 220 valence electrons. The molecule has 0 radical (unpaired) electrons. The molecule has 8 nitrogen and oxygen atoms in total. The first-order valence-electron chi connectivity index (χ1n) is 13.3. The maximum atomic E-state index is 14.2. The molecule has 0 aliphatic carbocycles. The molecule has 0 fully saturated rings. The third-order valence-electron chi connectivity index (χ3n) is 6.66. The van der Waals surface area contributed by atoms with Crippen LogP contribution in [0.25, 0.3) is 0 Å². The lowest BCUT2D eigenvalue weighted by Gasteiger charge is -2.34. The molecule has 2 atom stereocenters. The summed E-state index contributed by atoms with van der Waals surface area (Å²) in [6.45, 7) is 5.07. The van der Waals surface area contributed by atoms with Gasteiger partial charge in [0.1, 0.15) is 18.3 Å². The molecule has 0 aliphatic heterocycles. The molecule has 0 aromatic heterocycles. The van der Waals surface area contributed by atoms with Gasteiger partial charge in [-0.05, 0) is 67.8 Å². The fraction of sp³-hybridized carbons (Fsp3) is 0.333. The fourth-order valence-corrected chi connectivity index (χ4v) is 6.12. The van der Waals surface area contributed by atoms with Crippen LogP contribution in [-0.2, 0) is 26.2 Å². The van der Waals surface area contributed by atoms with E-state index < -0.39 is 28.5 Å². The van der Waals surface area contributed by atoms with E-state index in [0.717, 1.165) is 4.31 Å². The van der Waals surface area contributed by atoms with E-state index in [1.807, 2.05) is 19.9 Å². The number of carbonyl (C=O) groups is 2. The number of halogens is 2. The molecule has 3 rings (SSSR count). The SMILES string of the molecule is CCC(C)NC(=O)C(CC)N(Cc1cccc(OC)c1)C(=O)CN(c1cc(Cl)ccc1Cl)S(=O)(=O)c1ccccc1. The molecule has 1 N–H and O–H groups in total. The highest BCUT2D eigenvalue weighted by Crippen LogP contribution is 2.33. The zero-order valence-corrected chi connectivity index (χ0v) is 25.8. The van der Waals surface area contributed by atoms with Gasteiger partial charge in [0.05, 0.1) is 22.7 Å². The van der Waals surface area contributed by atoms with Crippen LogP contribution in [0.15, 0.2) is 77.7 Å². The van der Waals surface area contributed by atoms with Crippen LogP contribution in [0.3, 0.4) is 0 Å². The molecule has 41 heavy (non-hydrogen) atoms. The Hall–Kier alpha value is -3.27. The van der Waals surface area contributed by atoms with Crippen LogP contribution in [0.5, 0.6) is 5.75 Å². The second kappa shape index (κ2) is 14.6. The number of ether oxygens (including phenoxy) is 1. The zero-order chi connectivity index (χ0) is 30.2. The van der Waals surface area contributed by atoms with E-state index in [1.54, 1.807) is 43.3 Å². The number of sulfonamides is 1. The van der Waals surface area contributed by atoms with Gasteiger partial charge < -0.3 is 15.0 Å². The minimum Gasteiger partial charge on any atom is -0.497 e. The van der Waals surface area contributed by atoms with Gasteiger partial charge in [-0.25, -0.2) is 8.42 Å². The van der Waals surface area contributed by atoms with Crippen LogP contribution in [0.4, 0.5) is 5.69 Å². The Morgan fingerprint density at radius 2 is 1.66 bits per heavy atom. The van der Waals surface area contributed by atoms with Crippen LogP contribution < -0.4 is 14.4 Å². The molecule has 0 heterocycles. The fourth-order valence-electron chi connectivity index (χ4n) is 4.24. The summed E-state index contributed by atoms with van der Waals surface area (Å²) in [5, 5.41) is 3.30. The van der Waals surface area contributed by atoms with Crippen LogP contribution >= 0.6 is 23.2 Å². The summed E-state index contributed by atoms with van der Waals surface area (Å²) < 4.78 is 34.1. The molecular formula is C30H35Cl2N3O5S. The van der Waals surface area contributed by atoms with Crippen molar-refractivity contribution in [1.82, 2.24) is 10.2 Å². The highest BCUT2D eigenvalue weighted by molar-refractivity contribution is 7.92. The lowest BCUT2D eigenvalue weighted by Crippen LogP contribution is -2.53. The van der Waals surface area contributed by atoms with Gasteiger partial charge in [-0.2, -0.15) is 0 Å². The van der Waals surface area contributed by atoms with Crippen LogP contribution in [0, 0.1) is 0 Å². The summed E-state index contributed by atoms with van der Waals surface area (Å²) in [6.07, 6.45) is 1.02. The second-order valence-electron chi connectivity index (χ2n) is 9.54. The first kappa shape index (κ1) is 32.2. The van der Waals surface area contributed by atoms with Crippen LogP contribution in [-0.4, -0.2) is 50.9 Å².